The van der Waals surface area contributed by atoms with E-state index in [1.807, 2.05) is 42.5 Å². The van der Waals surface area contributed by atoms with Crippen molar-refractivity contribution >= 4 is 26.8 Å². The van der Waals surface area contributed by atoms with E-state index in [4.69, 9.17) is 5.11 Å². The van der Waals surface area contributed by atoms with Crippen molar-refractivity contribution in [3.05, 3.63) is 72.6 Å². The number of benzene rings is 2. The minimum absolute atomic E-state index is 0.0340. The van der Waals surface area contributed by atoms with Crippen LogP contribution in [0.1, 0.15) is 43.6 Å². The molecule has 7 heteroatoms. The lowest BCUT2D eigenvalue weighted by molar-refractivity contribution is -0.137. The summed E-state index contributed by atoms with van der Waals surface area (Å²) in [4.78, 5) is 15.1. The third-order valence-electron chi connectivity index (χ3n) is 5.16. The van der Waals surface area contributed by atoms with Crippen molar-refractivity contribution < 1.29 is 18.3 Å². The van der Waals surface area contributed by atoms with Gasteiger partial charge in [0.1, 0.15) is 0 Å². The summed E-state index contributed by atoms with van der Waals surface area (Å²) < 4.78 is 28.9. The maximum absolute atomic E-state index is 13.0. The SMILES string of the molecule is O=C(O)CCCCCC(CNS(=O)(=O)c1cccc2ccccc12)c1cccnc1. The topological polar surface area (TPSA) is 96.4 Å². The van der Waals surface area contributed by atoms with E-state index in [1.165, 1.54) is 0 Å². The minimum Gasteiger partial charge on any atom is -0.481 e. The zero-order valence-corrected chi connectivity index (χ0v) is 17.5. The number of carbonyl (C=O) groups is 1. The Morgan fingerprint density at radius 2 is 1.80 bits per heavy atom. The second-order valence-electron chi connectivity index (χ2n) is 7.31. The molecule has 0 saturated heterocycles. The average molecular weight is 427 g/mol. The molecule has 3 aromatic rings. The van der Waals surface area contributed by atoms with Crippen LogP contribution in [-0.4, -0.2) is 31.0 Å². The molecule has 30 heavy (non-hydrogen) atoms. The van der Waals surface area contributed by atoms with Crippen molar-refractivity contribution in [1.29, 1.82) is 0 Å². The van der Waals surface area contributed by atoms with E-state index in [0.29, 0.717) is 11.8 Å². The van der Waals surface area contributed by atoms with Crippen LogP contribution in [0.2, 0.25) is 0 Å². The summed E-state index contributed by atoms with van der Waals surface area (Å²) in [6.07, 6.45) is 6.59. The van der Waals surface area contributed by atoms with Crippen LogP contribution in [0.5, 0.6) is 0 Å². The fourth-order valence-corrected chi connectivity index (χ4v) is 4.88. The van der Waals surface area contributed by atoms with Crippen LogP contribution in [0.15, 0.2) is 71.9 Å². The van der Waals surface area contributed by atoms with Gasteiger partial charge in [-0.05, 0) is 41.8 Å². The molecule has 1 aromatic heterocycles. The Kier molecular flexibility index (Phi) is 7.54. The van der Waals surface area contributed by atoms with Gasteiger partial charge in [0.25, 0.3) is 0 Å². The summed E-state index contributed by atoms with van der Waals surface area (Å²) in [5.41, 5.74) is 0.969. The zero-order chi connectivity index (χ0) is 21.4. The van der Waals surface area contributed by atoms with E-state index < -0.39 is 16.0 Å². The molecule has 1 heterocycles. The molecule has 0 fully saturated rings. The molecule has 3 rings (SSSR count). The molecular formula is C23H26N2O4S. The summed E-state index contributed by atoms with van der Waals surface area (Å²) in [5.74, 6) is -0.824. The van der Waals surface area contributed by atoms with Crippen LogP contribution in [0.4, 0.5) is 0 Å². The zero-order valence-electron chi connectivity index (χ0n) is 16.7. The Hall–Kier alpha value is -2.77. The van der Waals surface area contributed by atoms with Crippen LogP contribution in [0.25, 0.3) is 10.8 Å². The van der Waals surface area contributed by atoms with Gasteiger partial charge in [0.05, 0.1) is 4.90 Å². The smallest absolute Gasteiger partial charge is 0.303 e. The number of nitrogens with zero attached hydrogens (tertiary/aromatic N) is 1. The van der Waals surface area contributed by atoms with Gasteiger partial charge >= 0.3 is 5.97 Å². The first-order valence-corrected chi connectivity index (χ1v) is 11.5. The number of nitrogens with one attached hydrogen (secondary N) is 1. The molecule has 0 radical (unpaired) electrons. The van der Waals surface area contributed by atoms with E-state index in [9.17, 15) is 13.2 Å². The van der Waals surface area contributed by atoms with E-state index in [-0.39, 0.29) is 23.8 Å². The fraction of sp³-hybridized carbons (Fsp3) is 0.304. The molecule has 6 nitrogen and oxygen atoms in total. The van der Waals surface area contributed by atoms with E-state index in [1.54, 1.807) is 24.5 Å². The number of pyridine rings is 1. The number of fused-ring (bicyclic) bond motifs is 1. The van der Waals surface area contributed by atoms with Crippen molar-refractivity contribution in [3.8, 4) is 0 Å². The first-order valence-electron chi connectivity index (χ1n) is 10.1. The van der Waals surface area contributed by atoms with Gasteiger partial charge in [-0.15, -0.1) is 0 Å². The fourth-order valence-electron chi connectivity index (χ4n) is 3.57. The molecule has 0 aliphatic heterocycles. The van der Waals surface area contributed by atoms with Gasteiger partial charge in [-0.3, -0.25) is 9.78 Å². The molecular weight excluding hydrogens is 400 g/mol. The summed E-state index contributed by atoms with van der Waals surface area (Å²) in [6.45, 7) is 0.260. The lowest BCUT2D eigenvalue weighted by Crippen LogP contribution is -2.29. The van der Waals surface area contributed by atoms with Crippen molar-refractivity contribution in [2.75, 3.05) is 6.54 Å². The maximum atomic E-state index is 13.0. The second-order valence-corrected chi connectivity index (χ2v) is 9.04. The van der Waals surface area contributed by atoms with Crippen molar-refractivity contribution in [3.63, 3.8) is 0 Å². The summed E-state index contributed by atoms with van der Waals surface area (Å²) in [5, 5.41) is 10.3. The molecule has 2 aromatic carbocycles. The molecule has 0 amide bonds. The number of carboxylic acids is 1. The first kappa shape index (κ1) is 21.9. The van der Waals surface area contributed by atoms with Crippen molar-refractivity contribution in [2.45, 2.75) is 42.9 Å². The largest absolute Gasteiger partial charge is 0.481 e. The van der Waals surface area contributed by atoms with Gasteiger partial charge in [-0.1, -0.05) is 55.3 Å². The normalized spacial score (nSPS) is 12.7. The molecule has 0 bridgehead atoms. The first-order chi connectivity index (χ1) is 14.5. The maximum Gasteiger partial charge on any atom is 0.303 e. The molecule has 1 atom stereocenters. The molecule has 1 unspecified atom stereocenters. The summed E-state index contributed by atoms with van der Waals surface area (Å²) in [7, 11) is -3.68. The Balaban J connectivity index is 1.71. The van der Waals surface area contributed by atoms with Gasteiger partial charge in [0, 0.05) is 30.7 Å². The number of hydrogen-bond acceptors (Lipinski definition) is 4. The minimum atomic E-state index is -3.68. The highest BCUT2D eigenvalue weighted by Crippen LogP contribution is 2.25. The van der Waals surface area contributed by atoms with Crippen LogP contribution in [0, 0.1) is 0 Å². The van der Waals surface area contributed by atoms with Crippen LogP contribution in [0.3, 0.4) is 0 Å². The molecule has 0 saturated carbocycles. The highest BCUT2D eigenvalue weighted by atomic mass is 32.2. The van der Waals surface area contributed by atoms with Crippen LogP contribution >= 0.6 is 0 Å². The Morgan fingerprint density at radius 1 is 1.00 bits per heavy atom. The van der Waals surface area contributed by atoms with Gasteiger partial charge in [-0.2, -0.15) is 0 Å². The average Bonchev–Trinajstić information content (AvgIpc) is 2.75. The Bertz CT molecular complexity index is 1080. The molecule has 0 spiro atoms. The summed E-state index contributed by atoms with van der Waals surface area (Å²) >= 11 is 0. The van der Waals surface area contributed by atoms with Crippen molar-refractivity contribution in [2.24, 2.45) is 0 Å². The number of sulfonamides is 1. The van der Waals surface area contributed by atoms with Crippen molar-refractivity contribution in [1.82, 2.24) is 9.71 Å². The van der Waals surface area contributed by atoms with Gasteiger partial charge in [0.2, 0.25) is 10.0 Å². The molecule has 158 valence electrons. The number of aromatic nitrogens is 1. The number of aliphatic carboxylic acids is 1. The predicted molar refractivity (Wildman–Crippen MR) is 117 cm³/mol. The van der Waals surface area contributed by atoms with Crippen LogP contribution in [-0.2, 0) is 14.8 Å². The number of carboxylic acid groups (broad SMARTS) is 1. The van der Waals surface area contributed by atoms with E-state index >= 15 is 0 Å². The molecule has 0 aliphatic rings. The number of rotatable bonds is 11. The third-order valence-corrected chi connectivity index (χ3v) is 6.64. The molecule has 2 N–H and O–H groups in total. The van der Waals surface area contributed by atoms with Gasteiger partial charge in [-0.25, -0.2) is 13.1 Å². The lowest BCUT2D eigenvalue weighted by atomic mass is 9.94. The molecule has 0 aliphatic carbocycles. The van der Waals surface area contributed by atoms with Gasteiger partial charge in [0.15, 0.2) is 0 Å². The second kappa shape index (κ2) is 10.3. The standard InChI is InChI=1S/C23H26N2O4S/c26-23(27)14-3-1-2-9-20(19-11-7-15-24-16-19)17-25-30(28,29)22-13-6-10-18-8-4-5-12-21(18)22/h4-8,10-13,15-16,20,25H,1-3,9,14,17H2,(H,26,27). The highest BCUT2D eigenvalue weighted by Gasteiger charge is 2.20. The third kappa shape index (κ3) is 5.87. The predicted octanol–water partition coefficient (Wildman–Crippen LogP) is 4.33. The van der Waals surface area contributed by atoms with Crippen LogP contribution < -0.4 is 4.72 Å². The summed E-state index contributed by atoms with van der Waals surface area (Å²) in [6, 6.07) is 16.5. The van der Waals surface area contributed by atoms with E-state index in [2.05, 4.69) is 9.71 Å². The lowest BCUT2D eigenvalue weighted by Gasteiger charge is -2.18. The van der Waals surface area contributed by atoms with E-state index in [0.717, 1.165) is 30.2 Å². The quantitative estimate of drug-likeness (QED) is 0.445. The highest BCUT2D eigenvalue weighted by molar-refractivity contribution is 7.89. The van der Waals surface area contributed by atoms with Gasteiger partial charge < -0.3 is 5.11 Å². The number of unbranched alkanes of at least 4 members (excludes halogenated alkanes) is 2. The Labute approximate surface area is 177 Å². The number of hydrogen-bond donors (Lipinski definition) is 2. The Morgan fingerprint density at radius 3 is 2.57 bits per heavy atom. The monoisotopic (exact) mass is 426 g/mol.